The molecule has 4 heteroatoms. The Morgan fingerprint density at radius 3 is 2.47 bits per heavy atom. The van der Waals surface area contributed by atoms with Gasteiger partial charge in [-0.25, -0.2) is 0 Å². The van der Waals surface area contributed by atoms with Gasteiger partial charge in [0, 0.05) is 5.25 Å². The summed E-state index contributed by atoms with van der Waals surface area (Å²) in [6.07, 6.45) is 6.85. The third-order valence-corrected chi connectivity index (χ3v) is 4.69. The van der Waals surface area contributed by atoms with Gasteiger partial charge in [-0.05, 0) is 19.3 Å². The molecule has 17 heavy (non-hydrogen) atoms. The van der Waals surface area contributed by atoms with E-state index in [0.717, 1.165) is 0 Å². The number of carbonyl (C=O) groups is 2. The first-order valence-electron chi connectivity index (χ1n) is 6.41. The predicted molar refractivity (Wildman–Crippen MR) is 70.1 cm³/mol. The fourth-order valence-corrected chi connectivity index (χ4v) is 3.47. The summed E-state index contributed by atoms with van der Waals surface area (Å²) in [4.78, 5) is 23.3. The number of hydrogen-bond donors (Lipinski definition) is 0. The van der Waals surface area contributed by atoms with E-state index >= 15 is 0 Å². The Kier molecular flexibility index (Phi) is 6.63. The lowest BCUT2D eigenvalue weighted by Gasteiger charge is -2.21. The molecule has 0 spiro atoms. The van der Waals surface area contributed by atoms with E-state index in [0.29, 0.717) is 17.4 Å². The summed E-state index contributed by atoms with van der Waals surface area (Å²) >= 11 is 1.72. The van der Waals surface area contributed by atoms with E-state index in [9.17, 15) is 9.59 Å². The first-order chi connectivity index (χ1) is 8.19. The fraction of sp³-hybridized carbons (Fsp3) is 0.846. The van der Waals surface area contributed by atoms with Crippen LogP contribution in [0.15, 0.2) is 0 Å². The first kappa shape index (κ1) is 14.6. The normalized spacial score (nSPS) is 18.7. The van der Waals surface area contributed by atoms with Gasteiger partial charge in [-0.2, -0.15) is 11.8 Å². The molecule has 1 unspecified atom stereocenters. The molecule has 0 heterocycles. The van der Waals surface area contributed by atoms with Crippen LogP contribution in [0.25, 0.3) is 0 Å². The minimum Gasteiger partial charge on any atom is -0.468 e. The van der Waals surface area contributed by atoms with Crippen LogP contribution in [0, 0.1) is 5.92 Å². The van der Waals surface area contributed by atoms with Crippen LogP contribution >= 0.6 is 11.8 Å². The Labute approximate surface area is 108 Å². The molecule has 98 valence electrons. The number of rotatable bonds is 6. The van der Waals surface area contributed by atoms with Crippen molar-refractivity contribution in [2.24, 2.45) is 5.92 Å². The minimum atomic E-state index is -0.559. The van der Waals surface area contributed by atoms with Gasteiger partial charge < -0.3 is 4.74 Å². The van der Waals surface area contributed by atoms with Crippen molar-refractivity contribution in [1.29, 1.82) is 0 Å². The van der Waals surface area contributed by atoms with Crippen molar-refractivity contribution in [2.45, 2.75) is 50.7 Å². The van der Waals surface area contributed by atoms with Crippen molar-refractivity contribution in [3.05, 3.63) is 0 Å². The first-order valence-corrected chi connectivity index (χ1v) is 7.46. The van der Waals surface area contributed by atoms with E-state index < -0.39 is 5.92 Å². The molecule has 3 nitrogen and oxygen atoms in total. The molecule has 0 radical (unpaired) electrons. The van der Waals surface area contributed by atoms with E-state index in [1.807, 2.05) is 6.92 Å². The highest BCUT2D eigenvalue weighted by atomic mass is 32.2. The maximum atomic E-state index is 11.9. The van der Waals surface area contributed by atoms with Crippen molar-refractivity contribution >= 4 is 23.5 Å². The molecule has 0 amide bonds. The van der Waals surface area contributed by atoms with Gasteiger partial charge in [0.1, 0.15) is 5.92 Å². The van der Waals surface area contributed by atoms with Gasteiger partial charge in [-0.15, -0.1) is 0 Å². The van der Waals surface area contributed by atoms with Gasteiger partial charge in [-0.1, -0.05) is 26.2 Å². The predicted octanol–water partition coefficient (Wildman–Crippen LogP) is 2.82. The SMILES string of the molecule is CCC(C(=O)CSC1CCCCC1)C(=O)OC. The number of hydrogen-bond acceptors (Lipinski definition) is 4. The summed E-state index contributed by atoms with van der Waals surface area (Å²) in [6.45, 7) is 1.85. The third kappa shape index (κ3) is 4.70. The van der Waals surface area contributed by atoms with Crippen molar-refractivity contribution in [2.75, 3.05) is 12.9 Å². The monoisotopic (exact) mass is 258 g/mol. The molecular formula is C13H22O3S. The topological polar surface area (TPSA) is 43.4 Å². The molecule has 0 N–H and O–H groups in total. The van der Waals surface area contributed by atoms with E-state index in [4.69, 9.17) is 0 Å². The van der Waals surface area contributed by atoms with Crippen LogP contribution in [0.3, 0.4) is 0 Å². The van der Waals surface area contributed by atoms with Gasteiger partial charge in [0.15, 0.2) is 5.78 Å². The number of ether oxygens (including phenoxy) is 1. The molecule has 0 bridgehead atoms. The zero-order valence-electron chi connectivity index (χ0n) is 10.7. The summed E-state index contributed by atoms with van der Waals surface area (Å²) in [7, 11) is 1.34. The number of thioether (sulfide) groups is 1. The second kappa shape index (κ2) is 7.75. The Bertz CT molecular complexity index is 259. The average molecular weight is 258 g/mol. The van der Waals surface area contributed by atoms with Crippen LogP contribution in [-0.2, 0) is 14.3 Å². The van der Waals surface area contributed by atoms with E-state index in [-0.39, 0.29) is 11.8 Å². The number of carbonyl (C=O) groups excluding carboxylic acids is 2. The molecule has 1 saturated carbocycles. The van der Waals surface area contributed by atoms with Crippen molar-refractivity contribution < 1.29 is 14.3 Å². The van der Waals surface area contributed by atoms with E-state index in [2.05, 4.69) is 4.74 Å². The zero-order chi connectivity index (χ0) is 12.7. The smallest absolute Gasteiger partial charge is 0.316 e. The Morgan fingerprint density at radius 1 is 1.29 bits per heavy atom. The van der Waals surface area contributed by atoms with Gasteiger partial charge in [-0.3, -0.25) is 9.59 Å². The van der Waals surface area contributed by atoms with Gasteiger partial charge in [0.05, 0.1) is 12.9 Å². The van der Waals surface area contributed by atoms with E-state index in [1.54, 1.807) is 11.8 Å². The lowest BCUT2D eigenvalue weighted by molar-refractivity contribution is -0.148. The molecule has 0 aliphatic heterocycles. The molecule has 1 fully saturated rings. The second-order valence-corrected chi connectivity index (χ2v) is 5.81. The van der Waals surface area contributed by atoms with Crippen molar-refractivity contribution in [1.82, 2.24) is 0 Å². The second-order valence-electron chi connectivity index (χ2n) is 4.52. The van der Waals surface area contributed by atoms with Crippen LogP contribution in [0.4, 0.5) is 0 Å². The highest BCUT2D eigenvalue weighted by Gasteiger charge is 2.26. The van der Waals surface area contributed by atoms with Crippen molar-refractivity contribution in [3.63, 3.8) is 0 Å². The number of esters is 1. The number of Topliss-reactive ketones (excluding diaryl/α,β-unsaturated/α-hetero) is 1. The Balaban J connectivity index is 2.33. The third-order valence-electron chi connectivity index (χ3n) is 3.30. The Morgan fingerprint density at radius 2 is 1.94 bits per heavy atom. The number of methoxy groups -OCH3 is 1. The maximum absolute atomic E-state index is 11.9. The zero-order valence-corrected chi connectivity index (χ0v) is 11.6. The van der Waals surface area contributed by atoms with E-state index in [1.165, 1.54) is 39.2 Å². The summed E-state index contributed by atoms with van der Waals surface area (Å²) in [5.41, 5.74) is 0. The summed E-state index contributed by atoms with van der Waals surface area (Å²) in [5.74, 6) is -0.467. The molecule has 1 atom stereocenters. The molecule has 0 saturated heterocycles. The number of ketones is 1. The quantitative estimate of drug-likeness (QED) is 0.543. The van der Waals surface area contributed by atoms with Gasteiger partial charge in [0.2, 0.25) is 0 Å². The maximum Gasteiger partial charge on any atom is 0.316 e. The van der Waals surface area contributed by atoms with Gasteiger partial charge >= 0.3 is 5.97 Å². The molecule has 1 aliphatic carbocycles. The summed E-state index contributed by atoms with van der Waals surface area (Å²) < 4.78 is 4.65. The standard InChI is InChI=1S/C13H22O3S/c1-3-11(13(15)16-2)12(14)9-17-10-7-5-4-6-8-10/h10-11H,3-9H2,1-2H3. The lowest BCUT2D eigenvalue weighted by atomic mass is 10.0. The van der Waals surface area contributed by atoms with Crippen LogP contribution in [0.5, 0.6) is 0 Å². The Hall–Kier alpha value is -0.510. The molecule has 0 aromatic rings. The molecular weight excluding hydrogens is 236 g/mol. The molecule has 0 aromatic heterocycles. The van der Waals surface area contributed by atoms with Crippen LogP contribution < -0.4 is 0 Å². The molecule has 1 rings (SSSR count). The van der Waals surface area contributed by atoms with Gasteiger partial charge in [0.25, 0.3) is 0 Å². The fourth-order valence-electron chi connectivity index (χ4n) is 2.20. The molecule has 1 aliphatic rings. The van der Waals surface area contributed by atoms with Crippen LogP contribution in [-0.4, -0.2) is 29.9 Å². The summed E-state index contributed by atoms with van der Waals surface area (Å²) in [6, 6.07) is 0. The largest absolute Gasteiger partial charge is 0.468 e. The lowest BCUT2D eigenvalue weighted by Crippen LogP contribution is -2.27. The minimum absolute atomic E-state index is 0.0231. The highest BCUT2D eigenvalue weighted by Crippen LogP contribution is 2.28. The van der Waals surface area contributed by atoms with Crippen LogP contribution in [0.1, 0.15) is 45.4 Å². The highest BCUT2D eigenvalue weighted by molar-refractivity contribution is 8.00. The molecule has 0 aromatic carbocycles. The summed E-state index contributed by atoms with van der Waals surface area (Å²) in [5, 5.41) is 0.614. The average Bonchev–Trinajstić information content (AvgIpc) is 2.38. The van der Waals surface area contributed by atoms with Crippen molar-refractivity contribution in [3.8, 4) is 0 Å². The van der Waals surface area contributed by atoms with Crippen LogP contribution in [0.2, 0.25) is 0 Å².